The summed E-state index contributed by atoms with van der Waals surface area (Å²) in [6.45, 7) is 2.98. The Bertz CT molecular complexity index is 696. The van der Waals surface area contributed by atoms with Crippen molar-refractivity contribution in [2.24, 2.45) is 0 Å². The predicted octanol–water partition coefficient (Wildman–Crippen LogP) is 1.57. The van der Waals surface area contributed by atoms with Crippen LogP contribution in [0.4, 0.5) is 10.5 Å². The Kier molecular flexibility index (Phi) is 4.33. The van der Waals surface area contributed by atoms with Crippen molar-refractivity contribution < 1.29 is 13.2 Å². The van der Waals surface area contributed by atoms with Gasteiger partial charge in [0.05, 0.1) is 6.26 Å². The van der Waals surface area contributed by atoms with E-state index >= 15 is 0 Å². The van der Waals surface area contributed by atoms with Crippen LogP contribution in [0.5, 0.6) is 0 Å². The molecule has 1 atom stereocenters. The van der Waals surface area contributed by atoms with Crippen LogP contribution in [-0.4, -0.2) is 50.2 Å². The molecule has 0 bridgehead atoms. The molecule has 0 aromatic heterocycles. The second-order valence-corrected chi connectivity index (χ2v) is 8.42. The summed E-state index contributed by atoms with van der Waals surface area (Å²) in [5.41, 5.74) is 2.17. The summed E-state index contributed by atoms with van der Waals surface area (Å²) in [5, 5.41) is 3.07. The molecule has 2 amide bonds. The Morgan fingerprint density at radius 2 is 1.87 bits per heavy atom. The Labute approximate surface area is 137 Å². The van der Waals surface area contributed by atoms with Crippen molar-refractivity contribution in [1.29, 1.82) is 0 Å². The molecule has 0 spiro atoms. The molecule has 0 saturated carbocycles. The van der Waals surface area contributed by atoms with Gasteiger partial charge in [-0.2, -0.15) is 0 Å². The van der Waals surface area contributed by atoms with E-state index < -0.39 is 10.0 Å². The van der Waals surface area contributed by atoms with E-state index in [2.05, 4.69) is 11.4 Å². The number of carbonyl (C=O) groups is 1. The molecule has 1 N–H and O–H groups in total. The van der Waals surface area contributed by atoms with Crippen molar-refractivity contribution in [2.75, 3.05) is 24.2 Å². The summed E-state index contributed by atoms with van der Waals surface area (Å²) in [4.78, 5) is 14.5. The molecule has 23 heavy (non-hydrogen) atoms. The first-order valence-corrected chi connectivity index (χ1v) is 9.84. The first-order chi connectivity index (χ1) is 10.9. The Morgan fingerprint density at radius 3 is 2.52 bits per heavy atom. The van der Waals surface area contributed by atoms with Crippen LogP contribution in [0.3, 0.4) is 0 Å². The second kappa shape index (κ2) is 6.13. The molecular weight excluding hydrogens is 314 g/mol. The van der Waals surface area contributed by atoms with E-state index in [0.717, 1.165) is 12.1 Å². The van der Waals surface area contributed by atoms with Gasteiger partial charge in [0.2, 0.25) is 10.0 Å². The highest BCUT2D eigenvalue weighted by Gasteiger charge is 2.33. The lowest BCUT2D eigenvalue weighted by Gasteiger charge is -2.32. The molecule has 126 valence electrons. The number of rotatable bonds is 2. The van der Waals surface area contributed by atoms with Gasteiger partial charge in [-0.05, 0) is 37.8 Å². The first kappa shape index (κ1) is 16.3. The number of nitrogens with zero attached hydrogens (tertiary/aromatic N) is 2. The standard InChI is InChI=1S/C16H23N3O3S/c1-12-11-13-5-3-4-6-15(13)19(12)16(20)17-14-7-9-18(10-8-14)23(2,21)22/h3-6,12,14H,7-11H2,1-2H3,(H,17,20). The molecule has 3 rings (SSSR count). The number of carbonyl (C=O) groups excluding carboxylic acids is 1. The van der Waals surface area contributed by atoms with Crippen LogP contribution in [0.2, 0.25) is 0 Å². The quantitative estimate of drug-likeness (QED) is 0.890. The van der Waals surface area contributed by atoms with E-state index in [4.69, 9.17) is 0 Å². The number of piperidine rings is 1. The van der Waals surface area contributed by atoms with Crippen LogP contribution in [0.1, 0.15) is 25.3 Å². The Balaban J connectivity index is 1.63. The lowest BCUT2D eigenvalue weighted by Crippen LogP contribution is -2.51. The maximum absolute atomic E-state index is 12.6. The summed E-state index contributed by atoms with van der Waals surface area (Å²) in [7, 11) is -3.13. The van der Waals surface area contributed by atoms with E-state index in [1.807, 2.05) is 30.0 Å². The third-order valence-corrected chi connectivity index (χ3v) is 5.98. The SMILES string of the molecule is CC1Cc2ccccc2N1C(=O)NC1CCN(S(C)(=O)=O)CC1. The second-order valence-electron chi connectivity index (χ2n) is 6.44. The topological polar surface area (TPSA) is 69.7 Å². The summed E-state index contributed by atoms with van der Waals surface area (Å²) in [6, 6.07) is 8.06. The highest BCUT2D eigenvalue weighted by molar-refractivity contribution is 7.88. The van der Waals surface area contributed by atoms with Gasteiger partial charge in [0, 0.05) is 30.9 Å². The average molecular weight is 337 g/mol. The average Bonchev–Trinajstić information content (AvgIpc) is 2.82. The largest absolute Gasteiger partial charge is 0.335 e. The normalized spacial score (nSPS) is 22.9. The van der Waals surface area contributed by atoms with Gasteiger partial charge in [-0.1, -0.05) is 18.2 Å². The number of nitrogens with one attached hydrogen (secondary N) is 1. The number of para-hydroxylation sites is 1. The van der Waals surface area contributed by atoms with Gasteiger partial charge >= 0.3 is 6.03 Å². The van der Waals surface area contributed by atoms with E-state index in [9.17, 15) is 13.2 Å². The van der Waals surface area contributed by atoms with E-state index in [1.165, 1.54) is 16.1 Å². The van der Waals surface area contributed by atoms with Gasteiger partial charge in [0.25, 0.3) is 0 Å². The van der Waals surface area contributed by atoms with Crippen molar-refractivity contribution >= 4 is 21.7 Å². The number of hydrogen-bond donors (Lipinski definition) is 1. The highest BCUT2D eigenvalue weighted by Crippen LogP contribution is 2.31. The number of sulfonamides is 1. The third-order valence-electron chi connectivity index (χ3n) is 4.68. The van der Waals surface area contributed by atoms with Crippen LogP contribution in [0, 0.1) is 0 Å². The summed E-state index contributed by atoms with van der Waals surface area (Å²) >= 11 is 0. The van der Waals surface area contributed by atoms with E-state index in [0.29, 0.717) is 25.9 Å². The maximum Gasteiger partial charge on any atom is 0.322 e. The summed E-state index contributed by atoms with van der Waals surface area (Å²) in [6.07, 6.45) is 3.41. The summed E-state index contributed by atoms with van der Waals surface area (Å²) < 4.78 is 24.5. The number of anilines is 1. The smallest absolute Gasteiger partial charge is 0.322 e. The van der Waals surface area contributed by atoms with Crippen LogP contribution in [0.25, 0.3) is 0 Å². The Morgan fingerprint density at radius 1 is 1.22 bits per heavy atom. The molecule has 2 aliphatic rings. The number of hydrogen-bond acceptors (Lipinski definition) is 3. The van der Waals surface area contributed by atoms with Gasteiger partial charge in [-0.25, -0.2) is 17.5 Å². The fourth-order valence-corrected chi connectivity index (χ4v) is 4.33. The summed E-state index contributed by atoms with van der Waals surface area (Å²) in [5.74, 6) is 0. The zero-order valence-corrected chi connectivity index (χ0v) is 14.3. The van der Waals surface area contributed by atoms with Crippen LogP contribution < -0.4 is 10.2 Å². The lowest BCUT2D eigenvalue weighted by molar-refractivity contribution is 0.232. The van der Waals surface area contributed by atoms with Gasteiger partial charge in [0.15, 0.2) is 0 Å². The molecule has 7 heteroatoms. The van der Waals surface area contributed by atoms with Crippen LogP contribution in [0.15, 0.2) is 24.3 Å². The highest BCUT2D eigenvalue weighted by atomic mass is 32.2. The van der Waals surface area contributed by atoms with Crippen molar-refractivity contribution in [3.63, 3.8) is 0 Å². The molecule has 1 saturated heterocycles. The van der Waals surface area contributed by atoms with Crippen LogP contribution in [-0.2, 0) is 16.4 Å². The first-order valence-electron chi connectivity index (χ1n) is 7.99. The fraction of sp³-hybridized carbons (Fsp3) is 0.562. The minimum atomic E-state index is -3.13. The fourth-order valence-electron chi connectivity index (χ4n) is 3.45. The number of benzene rings is 1. The molecule has 2 aliphatic heterocycles. The molecule has 0 radical (unpaired) electrons. The monoisotopic (exact) mass is 337 g/mol. The van der Waals surface area contributed by atoms with Crippen molar-refractivity contribution in [3.05, 3.63) is 29.8 Å². The molecule has 1 aromatic carbocycles. The molecule has 2 heterocycles. The minimum absolute atomic E-state index is 0.0282. The molecule has 1 fully saturated rings. The van der Waals surface area contributed by atoms with Gasteiger partial charge in [0.1, 0.15) is 0 Å². The van der Waals surface area contributed by atoms with E-state index in [1.54, 1.807) is 0 Å². The van der Waals surface area contributed by atoms with E-state index in [-0.39, 0.29) is 18.1 Å². The van der Waals surface area contributed by atoms with Gasteiger partial charge in [-0.15, -0.1) is 0 Å². The zero-order valence-electron chi connectivity index (χ0n) is 13.5. The molecule has 1 unspecified atom stereocenters. The van der Waals surface area contributed by atoms with Crippen molar-refractivity contribution in [1.82, 2.24) is 9.62 Å². The lowest BCUT2D eigenvalue weighted by atomic mass is 10.1. The third kappa shape index (κ3) is 3.35. The van der Waals surface area contributed by atoms with Gasteiger partial charge in [-0.3, -0.25) is 4.90 Å². The zero-order chi connectivity index (χ0) is 16.6. The number of fused-ring (bicyclic) bond motifs is 1. The molecule has 0 aliphatic carbocycles. The maximum atomic E-state index is 12.6. The minimum Gasteiger partial charge on any atom is -0.335 e. The van der Waals surface area contributed by atoms with Crippen molar-refractivity contribution in [2.45, 2.75) is 38.3 Å². The van der Waals surface area contributed by atoms with Gasteiger partial charge < -0.3 is 5.32 Å². The Hall–Kier alpha value is -1.60. The predicted molar refractivity (Wildman–Crippen MR) is 90.1 cm³/mol. The number of urea groups is 1. The molecule has 1 aromatic rings. The van der Waals surface area contributed by atoms with Crippen LogP contribution >= 0.6 is 0 Å². The number of amides is 2. The molecule has 6 nitrogen and oxygen atoms in total. The molecular formula is C16H23N3O3S. The van der Waals surface area contributed by atoms with Crippen molar-refractivity contribution in [3.8, 4) is 0 Å².